The number of piperidine rings is 2. The Morgan fingerprint density at radius 1 is 0.714 bits per heavy atom. The maximum Gasteiger partial charge on any atom is 0.295 e. The van der Waals surface area contributed by atoms with Crippen molar-refractivity contribution in [1.82, 2.24) is 10.6 Å². The van der Waals surface area contributed by atoms with Crippen molar-refractivity contribution >= 4 is 79.3 Å². The van der Waals surface area contributed by atoms with E-state index in [2.05, 4.69) is 66.6 Å². The zero-order valence-corrected chi connectivity index (χ0v) is 34.3. The number of nitrogens with one attached hydrogen (secondary N) is 2. The van der Waals surface area contributed by atoms with Gasteiger partial charge in [-0.15, -0.1) is 4.95 Å². The second-order valence-electron chi connectivity index (χ2n) is 13.6. The Balaban J connectivity index is 1.16. The highest BCUT2D eigenvalue weighted by Crippen LogP contribution is 2.37. The minimum absolute atomic E-state index is 0.0518. The summed E-state index contributed by atoms with van der Waals surface area (Å²) in [7, 11) is -3.36. The summed E-state index contributed by atoms with van der Waals surface area (Å²) in [5, 5.41) is 49.8. The first-order chi connectivity index (χ1) is 30.1. The number of hydrogen-bond donors (Lipinski definition) is 3. The number of aryl methyl sites for hydroxylation is 3. The fraction of sp³-hybridized carbons (Fsp3) is 0.200. The second-order valence-corrected chi connectivity index (χ2v) is 15.0. The fourth-order valence-corrected chi connectivity index (χ4v) is 6.75. The van der Waals surface area contributed by atoms with Crippen molar-refractivity contribution in [2.24, 2.45) is 51.0 Å². The quantitative estimate of drug-likeness (QED) is 0.0334. The number of carbonyl (C=O) groups excluding carboxylic acids is 4. The monoisotopic (exact) mass is 868 g/mol. The number of nitrogens with zero attached hydrogens (tertiary/aromatic N) is 12. The predicted octanol–water partition coefficient (Wildman–Crippen LogP) is 7.56. The van der Waals surface area contributed by atoms with Gasteiger partial charge in [0.25, 0.3) is 21.9 Å². The lowest BCUT2D eigenvalue weighted by Gasteiger charge is -2.17. The van der Waals surface area contributed by atoms with E-state index in [-0.39, 0.29) is 47.2 Å². The first-order valence-corrected chi connectivity index (χ1v) is 19.8. The Hall–Kier alpha value is -8.41. The van der Waals surface area contributed by atoms with Gasteiger partial charge in [-0.1, -0.05) is 18.2 Å². The highest BCUT2D eigenvalue weighted by Gasteiger charge is 2.35. The van der Waals surface area contributed by atoms with E-state index in [1.807, 2.05) is 0 Å². The molecule has 6 rings (SSSR count). The van der Waals surface area contributed by atoms with Gasteiger partial charge in [0.05, 0.1) is 48.4 Å². The molecule has 0 radical (unpaired) electrons. The summed E-state index contributed by atoms with van der Waals surface area (Å²) in [4.78, 5) is 55.3. The van der Waals surface area contributed by atoms with Gasteiger partial charge in [0.2, 0.25) is 18.3 Å². The number of ether oxygens (including phenoxy) is 1. The van der Waals surface area contributed by atoms with Gasteiger partial charge < -0.3 is 15.4 Å². The van der Waals surface area contributed by atoms with E-state index in [0.29, 0.717) is 45.0 Å². The van der Waals surface area contributed by atoms with E-state index in [4.69, 9.17) is 16.6 Å². The standard InChI is InChI=1S/C40H32N14O8S/c1-20-13-28(50-53-38-32(56)18-36(52-42-4)45-40(38)58)21(2)12-27(20)48-47-25-10-11-26(34(15-25)63(59,60)61)23-6-8-24(9-7-23)46-49-29-16-33(62-5)30(14-22(29)3)51-54-37-31(55)17-35(43-19-41)44-39(37)57/h6-16,37-38H,17-18H2,1-3,5H3,(H,43,44,57)(H,45,52,58)(H,59,60,61). The van der Waals surface area contributed by atoms with Crippen LogP contribution in [0.2, 0.25) is 0 Å². The number of amidine groups is 2. The van der Waals surface area contributed by atoms with E-state index in [1.54, 1.807) is 69.3 Å². The van der Waals surface area contributed by atoms with Crippen molar-refractivity contribution in [2.45, 2.75) is 50.6 Å². The molecule has 2 saturated heterocycles. The number of benzene rings is 4. The zero-order chi connectivity index (χ0) is 45.4. The third-order valence-corrected chi connectivity index (χ3v) is 10.1. The van der Waals surface area contributed by atoms with Crippen LogP contribution in [0.5, 0.6) is 5.75 Å². The average Bonchev–Trinajstić information content (AvgIpc) is 3.23. The summed E-state index contributed by atoms with van der Waals surface area (Å²) < 4.78 is 40.7. The Kier molecular flexibility index (Phi) is 13.2. The molecule has 0 saturated carbocycles. The van der Waals surface area contributed by atoms with E-state index >= 15 is 0 Å². The minimum Gasteiger partial charge on any atom is -0.494 e. The molecule has 2 aliphatic rings. The summed E-state index contributed by atoms with van der Waals surface area (Å²) in [6.07, 6.45) is 0.981. The number of azo groups is 4. The predicted molar refractivity (Wildman–Crippen MR) is 223 cm³/mol. The number of methoxy groups -OCH3 is 1. The van der Waals surface area contributed by atoms with Crippen LogP contribution in [0.4, 0.5) is 34.1 Å². The molecule has 0 spiro atoms. The van der Waals surface area contributed by atoms with Crippen molar-refractivity contribution in [2.75, 3.05) is 7.11 Å². The molecule has 22 nitrogen and oxygen atoms in total. The Morgan fingerprint density at radius 3 is 1.78 bits per heavy atom. The summed E-state index contributed by atoms with van der Waals surface area (Å²) in [5.41, 5.74) is 4.28. The molecule has 316 valence electrons. The summed E-state index contributed by atoms with van der Waals surface area (Å²) >= 11 is 0. The van der Waals surface area contributed by atoms with Gasteiger partial charge in [0.1, 0.15) is 27.3 Å². The summed E-state index contributed by atoms with van der Waals surface area (Å²) in [5.74, 6) is -2.53. The molecule has 2 unspecified atom stereocenters. The van der Waals surface area contributed by atoms with Crippen LogP contribution in [-0.4, -0.2) is 67.2 Å². The van der Waals surface area contributed by atoms with Gasteiger partial charge >= 0.3 is 0 Å². The number of rotatable bonds is 11. The molecule has 4 aromatic carbocycles. The van der Waals surface area contributed by atoms with Crippen LogP contribution < -0.4 is 15.4 Å². The average molecular weight is 869 g/mol. The SMILES string of the molecule is [C-]#[N+]N=C1CC(=O)C(N=Nc2cc(C)c(N=Nc3ccc(-c4ccc(N=Nc5cc(OC)c(N=NC6C(=O)CC(=NC#N)NC6=O)cc5C)cc4)c(S(=O)(=O)O)c3)cc2C)C(=O)N1. The van der Waals surface area contributed by atoms with Gasteiger partial charge in [-0.25, -0.2) is 0 Å². The molecule has 2 aliphatic heterocycles. The molecule has 23 heteroatoms. The van der Waals surface area contributed by atoms with Crippen molar-refractivity contribution in [3.8, 4) is 23.1 Å². The molecule has 0 aromatic heterocycles. The lowest BCUT2D eigenvalue weighted by atomic mass is 10.0. The Labute approximate surface area is 357 Å². The molecule has 63 heavy (non-hydrogen) atoms. The largest absolute Gasteiger partial charge is 0.494 e. The fourth-order valence-electron chi connectivity index (χ4n) is 6.02. The normalized spacial score (nSPS) is 18.4. The molecule has 2 atom stereocenters. The Morgan fingerprint density at radius 2 is 1.22 bits per heavy atom. The smallest absolute Gasteiger partial charge is 0.295 e. The topological polar surface area (TPSA) is 308 Å². The van der Waals surface area contributed by atoms with Crippen molar-refractivity contribution in [3.05, 3.63) is 94.9 Å². The highest BCUT2D eigenvalue weighted by molar-refractivity contribution is 7.86. The van der Waals surface area contributed by atoms with Crippen LogP contribution in [0.15, 0.2) is 123 Å². The third kappa shape index (κ3) is 10.5. The number of hydrogen-bond acceptors (Lipinski definition) is 18. The highest BCUT2D eigenvalue weighted by atomic mass is 32.2. The van der Waals surface area contributed by atoms with Gasteiger partial charge in [-0.2, -0.15) is 66.2 Å². The van der Waals surface area contributed by atoms with Crippen LogP contribution in [0, 0.1) is 38.8 Å². The van der Waals surface area contributed by atoms with Crippen molar-refractivity contribution in [3.63, 3.8) is 0 Å². The third-order valence-electron chi connectivity index (χ3n) is 9.22. The zero-order valence-electron chi connectivity index (χ0n) is 33.5. The van der Waals surface area contributed by atoms with Gasteiger partial charge in [0.15, 0.2) is 17.4 Å². The van der Waals surface area contributed by atoms with E-state index in [0.717, 1.165) is 0 Å². The van der Waals surface area contributed by atoms with Crippen LogP contribution in [0.3, 0.4) is 0 Å². The molecule has 0 aliphatic carbocycles. The van der Waals surface area contributed by atoms with Crippen LogP contribution >= 0.6 is 0 Å². The lowest BCUT2D eigenvalue weighted by molar-refractivity contribution is -0.131. The van der Waals surface area contributed by atoms with Crippen molar-refractivity contribution in [1.29, 1.82) is 5.26 Å². The van der Waals surface area contributed by atoms with E-state index in [9.17, 15) is 32.1 Å². The number of aliphatic imine (C=N–C) groups is 1. The molecular formula is C40H32N14O8S. The lowest BCUT2D eigenvalue weighted by Crippen LogP contribution is -2.48. The number of amides is 2. The number of nitriles is 1. The van der Waals surface area contributed by atoms with Crippen LogP contribution in [0.25, 0.3) is 16.1 Å². The number of carbonyl (C=O) groups is 4. The van der Waals surface area contributed by atoms with E-state index < -0.39 is 50.5 Å². The number of Topliss-reactive ketones (excluding diaryl/α,β-unsaturated/α-hetero) is 2. The van der Waals surface area contributed by atoms with Crippen molar-refractivity contribution < 1.29 is 36.9 Å². The summed E-state index contributed by atoms with van der Waals surface area (Å²) in [6, 6.07) is 14.1. The molecule has 2 fully saturated rings. The van der Waals surface area contributed by atoms with Gasteiger partial charge in [0, 0.05) is 11.6 Å². The maximum absolute atomic E-state index is 12.6. The maximum atomic E-state index is 12.6. The molecule has 3 N–H and O–H groups in total. The molecule has 2 amide bonds. The molecule has 4 aromatic rings. The molecule has 0 bridgehead atoms. The molecular weight excluding hydrogens is 837 g/mol. The first kappa shape index (κ1) is 44.2. The first-order valence-electron chi connectivity index (χ1n) is 18.3. The minimum atomic E-state index is -4.75. The number of ketones is 2. The summed E-state index contributed by atoms with van der Waals surface area (Å²) in [6.45, 7) is 11.9. The molecule has 2 heterocycles. The van der Waals surface area contributed by atoms with Crippen LogP contribution in [-0.2, 0) is 29.3 Å². The van der Waals surface area contributed by atoms with E-state index in [1.165, 1.54) is 31.5 Å². The Bertz CT molecular complexity index is 2920. The van der Waals surface area contributed by atoms with Gasteiger partial charge in [-0.3, -0.25) is 23.7 Å². The van der Waals surface area contributed by atoms with Crippen LogP contribution in [0.1, 0.15) is 29.5 Å². The van der Waals surface area contributed by atoms with Gasteiger partial charge in [-0.05, 0) is 85.5 Å². The second kappa shape index (κ2) is 18.9.